The molecule has 1 N–H and O–H groups in total. The zero-order valence-corrected chi connectivity index (χ0v) is 12.2. The minimum Gasteiger partial charge on any atom is -0.371 e. The zero-order valence-electron chi connectivity index (χ0n) is 12.2. The van der Waals surface area contributed by atoms with Crippen LogP contribution in [0, 0.1) is 17.8 Å². The van der Waals surface area contributed by atoms with E-state index in [0.717, 1.165) is 24.3 Å². The standard InChI is InChI=1S/C16H29NO/c1-11(15-9-12-4-5-13(15)8-12)17-10-14-6-7-16(2,3)18-14/h11-15,17H,4-10H2,1-3H3. The van der Waals surface area contributed by atoms with Gasteiger partial charge in [-0.15, -0.1) is 0 Å². The van der Waals surface area contributed by atoms with Crippen LogP contribution in [0.15, 0.2) is 0 Å². The van der Waals surface area contributed by atoms with E-state index in [2.05, 4.69) is 26.1 Å². The molecule has 0 radical (unpaired) electrons. The van der Waals surface area contributed by atoms with Crippen molar-refractivity contribution in [2.75, 3.05) is 6.54 Å². The molecule has 0 aromatic rings. The van der Waals surface area contributed by atoms with Crippen molar-refractivity contribution in [3.8, 4) is 0 Å². The Bertz CT molecular complexity index is 301. The van der Waals surface area contributed by atoms with Crippen molar-refractivity contribution in [2.45, 2.75) is 77.0 Å². The van der Waals surface area contributed by atoms with Crippen molar-refractivity contribution in [3.63, 3.8) is 0 Å². The number of rotatable bonds is 4. The molecule has 1 heterocycles. The predicted molar refractivity (Wildman–Crippen MR) is 74.6 cm³/mol. The van der Waals surface area contributed by atoms with Gasteiger partial charge in [0.1, 0.15) is 0 Å². The van der Waals surface area contributed by atoms with Gasteiger partial charge in [-0.25, -0.2) is 0 Å². The van der Waals surface area contributed by atoms with Gasteiger partial charge in [-0.3, -0.25) is 0 Å². The number of hydrogen-bond acceptors (Lipinski definition) is 2. The average molecular weight is 251 g/mol. The molecule has 0 aromatic heterocycles. The molecule has 1 aliphatic heterocycles. The summed E-state index contributed by atoms with van der Waals surface area (Å²) >= 11 is 0. The minimum atomic E-state index is 0.113. The highest BCUT2D eigenvalue weighted by molar-refractivity contribution is 4.94. The van der Waals surface area contributed by atoms with E-state index < -0.39 is 0 Å². The molecule has 104 valence electrons. The lowest BCUT2D eigenvalue weighted by molar-refractivity contribution is -0.0159. The van der Waals surface area contributed by atoms with Gasteiger partial charge in [0.15, 0.2) is 0 Å². The van der Waals surface area contributed by atoms with E-state index in [1.165, 1.54) is 38.5 Å². The molecule has 18 heavy (non-hydrogen) atoms. The lowest BCUT2D eigenvalue weighted by Gasteiger charge is -2.29. The van der Waals surface area contributed by atoms with Crippen molar-refractivity contribution in [1.82, 2.24) is 5.32 Å². The summed E-state index contributed by atoms with van der Waals surface area (Å²) in [6, 6.07) is 0.688. The second-order valence-electron chi connectivity index (χ2n) is 7.57. The molecule has 3 aliphatic rings. The first-order chi connectivity index (χ1) is 8.53. The summed E-state index contributed by atoms with van der Waals surface area (Å²) in [6.07, 6.45) is 8.88. The topological polar surface area (TPSA) is 21.3 Å². The van der Waals surface area contributed by atoms with Crippen molar-refractivity contribution in [2.24, 2.45) is 17.8 Å². The Kier molecular flexibility index (Phi) is 3.44. The average Bonchev–Trinajstić information content (AvgIpc) is 3.00. The van der Waals surface area contributed by atoms with Crippen molar-refractivity contribution < 1.29 is 4.74 Å². The van der Waals surface area contributed by atoms with Gasteiger partial charge in [0.05, 0.1) is 11.7 Å². The monoisotopic (exact) mass is 251 g/mol. The highest BCUT2D eigenvalue weighted by Crippen LogP contribution is 2.49. The van der Waals surface area contributed by atoms with Crippen LogP contribution in [0.1, 0.15) is 59.3 Å². The third-order valence-electron chi connectivity index (χ3n) is 5.66. The minimum absolute atomic E-state index is 0.113. The van der Waals surface area contributed by atoms with Gasteiger partial charge in [-0.2, -0.15) is 0 Å². The lowest BCUT2D eigenvalue weighted by Crippen LogP contribution is -2.40. The first-order valence-electron chi connectivity index (χ1n) is 7.95. The van der Waals surface area contributed by atoms with Crippen LogP contribution in [0.3, 0.4) is 0 Å². The first-order valence-corrected chi connectivity index (χ1v) is 7.95. The lowest BCUT2D eigenvalue weighted by atomic mass is 9.84. The predicted octanol–water partition coefficient (Wildman–Crippen LogP) is 3.36. The summed E-state index contributed by atoms with van der Waals surface area (Å²) in [7, 11) is 0. The Morgan fingerprint density at radius 2 is 2.06 bits per heavy atom. The smallest absolute Gasteiger partial charge is 0.0707 e. The Morgan fingerprint density at radius 3 is 2.61 bits per heavy atom. The first kappa shape index (κ1) is 12.9. The van der Waals surface area contributed by atoms with Gasteiger partial charge in [0.2, 0.25) is 0 Å². The highest BCUT2D eigenvalue weighted by atomic mass is 16.5. The van der Waals surface area contributed by atoms with Gasteiger partial charge >= 0.3 is 0 Å². The van der Waals surface area contributed by atoms with Crippen LogP contribution in [0.4, 0.5) is 0 Å². The Morgan fingerprint density at radius 1 is 1.22 bits per heavy atom. The molecule has 3 fully saturated rings. The molecule has 2 bridgehead atoms. The Labute approximate surface area is 112 Å². The molecule has 2 heteroatoms. The van der Waals surface area contributed by atoms with Gasteiger partial charge in [-0.1, -0.05) is 6.42 Å². The largest absolute Gasteiger partial charge is 0.371 e. The summed E-state index contributed by atoms with van der Waals surface area (Å²) < 4.78 is 6.06. The van der Waals surface area contributed by atoms with Crippen molar-refractivity contribution >= 4 is 0 Å². The molecule has 1 saturated heterocycles. The second-order valence-corrected chi connectivity index (χ2v) is 7.57. The second kappa shape index (κ2) is 4.79. The molecule has 0 aromatic carbocycles. The maximum Gasteiger partial charge on any atom is 0.0707 e. The SMILES string of the molecule is CC(NCC1CCC(C)(C)O1)C1CC2CCC1C2. The van der Waals surface area contributed by atoms with E-state index in [9.17, 15) is 0 Å². The fraction of sp³-hybridized carbons (Fsp3) is 1.00. The van der Waals surface area contributed by atoms with Crippen LogP contribution >= 0.6 is 0 Å². The number of hydrogen-bond donors (Lipinski definition) is 1. The molecule has 2 saturated carbocycles. The van der Waals surface area contributed by atoms with E-state index in [0.29, 0.717) is 12.1 Å². The summed E-state index contributed by atoms with van der Waals surface area (Å²) in [5, 5.41) is 3.76. The van der Waals surface area contributed by atoms with Crippen LogP contribution in [0.5, 0.6) is 0 Å². The van der Waals surface area contributed by atoms with Crippen LogP contribution < -0.4 is 5.32 Å². The zero-order chi connectivity index (χ0) is 12.8. The fourth-order valence-electron chi connectivity index (χ4n) is 4.60. The van der Waals surface area contributed by atoms with Crippen LogP contribution in [-0.2, 0) is 4.74 Å². The Hall–Kier alpha value is -0.0800. The molecule has 2 aliphatic carbocycles. The van der Waals surface area contributed by atoms with Crippen LogP contribution in [-0.4, -0.2) is 24.3 Å². The number of fused-ring (bicyclic) bond motifs is 2. The molecule has 5 atom stereocenters. The van der Waals surface area contributed by atoms with E-state index in [1.807, 2.05) is 0 Å². The number of nitrogens with one attached hydrogen (secondary N) is 1. The molecule has 5 unspecified atom stereocenters. The van der Waals surface area contributed by atoms with Gasteiger partial charge in [0, 0.05) is 12.6 Å². The molecule has 0 spiro atoms. The summed E-state index contributed by atoms with van der Waals surface area (Å²) in [5.74, 6) is 3.03. The maximum absolute atomic E-state index is 6.06. The summed E-state index contributed by atoms with van der Waals surface area (Å²) in [4.78, 5) is 0. The van der Waals surface area contributed by atoms with Crippen molar-refractivity contribution in [1.29, 1.82) is 0 Å². The van der Waals surface area contributed by atoms with Crippen LogP contribution in [0.25, 0.3) is 0 Å². The third kappa shape index (κ3) is 2.60. The molecular formula is C16H29NO. The summed E-state index contributed by atoms with van der Waals surface area (Å²) in [6.45, 7) is 7.88. The molecule has 3 rings (SSSR count). The van der Waals surface area contributed by atoms with Gasteiger partial charge in [0.25, 0.3) is 0 Å². The molecule has 0 amide bonds. The van der Waals surface area contributed by atoms with E-state index in [-0.39, 0.29) is 5.60 Å². The van der Waals surface area contributed by atoms with E-state index in [1.54, 1.807) is 0 Å². The third-order valence-corrected chi connectivity index (χ3v) is 5.66. The summed E-state index contributed by atoms with van der Waals surface area (Å²) in [5.41, 5.74) is 0.113. The molecule has 2 nitrogen and oxygen atoms in total. The van der Waals surface area contributed by atoms with E-state index in [4.69, 9.17) is 4.74 Å². The maximum atomic E-state index is 6.06. The van der Waals surface area contributed by atoms with Gasteiger partial charge < -0.3 is 10.1 Å². The quantitative estimate of drug-likeness (QED) is 0.827. The Balaban J connectivity index is 1.43. The number of ether oxygens (including phenoxy) is 1. The van der Waals surface area contributed by atoms with E-state index >= 15 is 0 Å². The van der Waals surface area contributed by atoms with Crippen molar-refractivity contribution in [3.05, 3.63) is 0 Å². The normalized spacial score (nSPS) is 43.5. The highest BCUT2D eigenvalue weighted by Gasteiger charge is 2.42. The molecular weight excluding hydrogens is 222 g/mol. The van der Waals surface area contributed by atoms with Crippen LogP contribution in [0.2, 0.25) is 0 Å². The fourth-order valence-corrected chi connectivity index (χ4v) is 4.60. The van der Waals surface area contributed by atoms with Gasteiger partial charge in [-0.05, 0) is 70.6 Å².